The summed E-state index contributed by atoms with van der Waals surface area (Å²) in [6.07, 6.45) is 0. The van der Waals surface area contributed by atoms with Crippen LogP contribution in [-0.2, 0) is 6.54 Å². The summed E-state index contributed by atoms with van der Waals surface area (Å²) in [6, 6.07) is 4.84. The summed E-state index contributed by atoms with van der Waals surface area (Å²) < 4.78 is 15.0. The number of rotatable bonds is 4. The van der Waals surface area contributed by atoms with Gasteiger partial charge in [0.1, 0.15) is 11.6 Å². The Morgan fingerprint density at radius 2 is 2.15 bits per heavy atom. The van der Waals surface area contributed by atoms with E-state index in [0.717, 1.165) is 17.1 Å². The molecular formula is C14H18ClFN4. The number of nitrogens with two attached hydrogens (primary N) is 1. The van der Waals surface area contributed by atoms with E-state index in [1.54, 1.807) is 12.1 Å². The van der Waals surface area contributed by atoms with E-state index in [1.807, 2.05) is 25.5 Å². The lowest BCUT2D eigenvalue weighted by Gasteiger charge is -2.13. The van der Waals surface area contributed by atoms with E-state index in [2.05, 4.69) is 10.4 Å². The molecule has 3 N–H and O–H groups in total. The maximum Gasteiger partial charge on any atom is 0.148 e. The fourth-order valence-corrected chi connectivity index (χ4v) is 2.15. The third kappa shape index (κ3) is 2.88. The van der Waals surface area contributed by atoms with Crippen molar-refractivity contribution >= 4 is 23.1 Å². The highest BCUT2D eigenvalue weighted by Crippen LogP contribution is 2.26. The molecule has 0 aliphatic carbocycles. The zero-order chi connectivity index (χ0) is 14.9. The fourth-order valence-electron chi connectivity index (χ4n) is 1.95. The number of anilines is 2. The maximum absolute atomic E-state index is 13.1. The summed E-state index contributed by atoms with van der Waals surface area (Å²) in [5.74, 6) is 0.357. The molecule has 0 saturated heterocycles. The van der Waals surface area contributed by atoms with Crippen molar-refractivity contribution in [1.29, 1.82) is 0 Å². The molecule has 0 bridgehead atoms. The third-order valence-electron chi connectivity index (χ3n) is 3.06. The Bertz CT molecular complexity index is 622. The molecule has 0 fully saturated rings. The molecule has 0 amide bonds. The van der Waals surface area contributed by atoms with Crippen LogP contribution in [-0.4, -0.2) is 9.78 Å². The van der Waals surface area contributed by atoms with E-state index in [4.69, 9.17) is 17.3 Å². The van der Waals surface area contributed by atoms with E-state index in [9.17, 15) is 4.39 Å². The van der Waals surface area contributed by atoms with E-state index < -0.39 is 5.82 Å². The van der Waals surface area contributed by atoms with Crippen LogP contribution in [0.1, 0.15) is 31.1 Å². The lowest BCUT2D eigenvalue weighted by molar-refractivity contribution is 0.534. The van der Waals surface area contributed by atoms with Crippen LogP contribution >= 0.6 is 11.6 Å². The average molecular weight is 297 g/mol. The molecule has 1 aromatic carbocycles. The summed E-state index contributed by atoms with van der Waals surface area (Å²) in [5, 5.41) is 7.75. The van der Waals surface area contributed by atoms with Crippen molar-refractivity contribution in [3.8, 4) is 0 Å². The molecule has 1 heterocycles. The maximum atomic E-state index is 13.1. The average Bonchev–Trinajstić information content (AvgIpc) is 2.68. The van der Waals surface area contributed by atoms with Gasteiger partial charge in [0.2, 0.25) is 0 Å². The van der Waals surface area contributed by atoms with Gasteiger partial charge in [0.15, 0.2) is 0 Å². The van der Waals surface area contributed by atoms with Gasteiger partial charge in [-0.05, 0) is 38.5 Å². The molecule has 0 atom stereocenters. The van der Waals surface area contributed by atoms with Crippen molar-refractivity contribution in [2.45, 2.75) is 33.4 Å². The number of hydrogen-bond acceptors (Lipinski definition) is 3. The first-order chi connectivity index (χ1) is 9.40. The van der Waals surface area contributed by atoms with Gasteiger partial charge in [-0.3, -0.25) is 0 Å². The molecule has 0 aliphatic heterocycles. The molecule has 0 radical (unpaired) electrons. The Morgan fingerprint density at radius 3 is 2.75 bits per heavy atom. The topological polar surface area (TPSA) is 55.9 Å². The first-order valence-electron chi connectivity index (χ1n) is 6.42. The van der Waals surface area contributed by atoms with E-state index in [-0.39, 0.29) is 11.1 Å². The Kier molecular flexibility index (Phi) is 4.18. The predicted molar refractivity (Wildman–Crippen MR) is 80.5 cm³/mol. The summed E-state index contributed by atoms with van der Waals surface area (Å²) in [6.45, 7) is 6.44. The molecule has 108 valence electrons. The second kappa shape index (κ2) is 5.71. The van der Waals surface area contributed by atoms with Crippen molar-refractivity contribution < 1.29 is 4.39 Å². The van der Waals surface area contributed by atoms with Crippen molar-refractivity contribution in [1.82, 2.24) is 9.78 Å². The summed E-state index contributed by atoms with van der Waals surface area (Å²) in [4.78, 5) is 0. The smallest absolute Gasteiger partial charge is 0.148 e. The minimum atomic E-state index is -0.419. The molecule has 1 aromatic heterocycles. The summed E-state index contributed by atoms with van der Waals surface area (Å²) in [5.41, 5.74) is 8.33. The first-order valence-corrected chi connectivity index (χ1v) is 6.80. The normalized spacial score (nSPS) is 11.1. The molecular weight excluding hydrogens is 279 g/mol. The SMILES string of the molecule is Cc1nn(C(C)C)c(NCc2ccc(F)c(Cl)c2)c1N. The number of hydrogen-bond donors (Lipinski definition) is 2. The minimum absolute atomic E-state index is 0.116. The van der Waals surface area contributed by atoms with Gasteiger partial charge in [0, 0.05) is 12.6 Å². The second-order valence-corrected chi connectivity index (χ2v) is 5.40. The van der Waals surface area contributed by atoms with Gasteiger partial charge in [-0.2, -0.15) is 5.10 Å². The molecule has 0 saturated carbocycles. The van der Waals surface area contributed by atoms with Crippen molar-refractivity contribution in [3.05, 3.63) is 40.3 Å². The molecule has 2 rings (SSSR count). The van der Waals surface area contributed by atoms with Crippen LogP contribution in [0.25, 0.3) is 0 Å². The number of aromatic nitrogens is 2. The summed E-state index contributed by atoms with van der Waals surface area (Å²) >= 11 is 5.77. The van der Waals surface area contributed by atoms with Gasteiger partial charge in [0.25, 0.3) is 0 Å². The first kappa shape index (κ1) is 14.7. The number of nitrogens with zero attached hydrogens (tertiary/aromatic N) is 2. The second-order valence-electron chi connectivity index (χ2n) is 4.99. The fraction of sp³-hybridized carbons (Fsp3) is 0.357. The number of nitrogens with one attached hydrogen (secondary N) is 1. The molecule has 0 spiro atoms. The number of aryl methyl sites for hydroxylation is 1. The van der Waals surface area contributed by atoms with Gasteiger partial charge >= 0.3 is 0 Å². The van der Waals surface area contributed by atoms with Gasteiger partial charge < -0.3 is 11.1 Å². The molecule has 6 heteroatoms. The van der Waals surface area contributed by atoms with E-state index >= 15 is 0 Å². The van der Waals surface area contributed by atoms with E-state index in [0.29, 0.717) is 12.2 Å². The van der Waals surface area contributed by atoms with Gasteiger partial charge in [-0.15, -0.1) is 0 Å². The van der Waals surface area contributed by atoms with Crippen LogP contribution < -0.4 is 11.1 Å². The van der Waals surface area contributed by atoms with Gasteiger partial charge in [-0.1, -0.05) is 17.7 Å². The van der Waals surface area contributed by atoms with Crippen LogP contribution in [0.15, 0.2) is 18.2 Å². The van der Waals surface area contributed by atoms with Gasteiger partial charge in [0.05, 0.1) is 16.4 Å². The number of nitrogen functional groups attached to an aromatic ring is 1. The van der Waals surface area contributed by atoms with Crippen molar-refractivity contribution in [2.75, 3.05) is 11.1 Å². The largest absolute Gasteiger partial charge is 0.394 e. The highest BCUT2D eigenvalue weighted by atomic mass is 35.5. The zero-order valence-corrected chi connectivity index (χ0v) is 12.5. The molecule has 0 aliphatic rings. The van der Waals surface area contributed by atoms with Crippen LogP contribution in [0.2, 0.25) is 5.02 Å². The number of benzene rings is 1. The highest BCUT2D eigenvalue weighted by Gasteiger charge is 2.14. The molecule has 2 aromatic rings. The van der Waals surface area contributed by atoms with Crippen molar-refractivity contribution in [3.63, 3.8) is 0 Å². The zero-order valence-electron chi connectivity index (χ0n) is 11.7. The quantitative estimate of drug-likeness (QED) is 0.903. The summed E-state index contributed by atoms with van der Waals surface area (Å²) in [7, 11) is 0. The predicted octanol–water partition coefficient (Wildman–Crippen LogP) is 3.76. The van der Waals surface area contributed by atoms with Crippen LogP contribution in [0.5, 0.6) is 0 Å². The molecule has 4 nitrogen and oxygen atoms in total. The molecule has 20 heavy (non-hydrogen) atoms. The standard InChI is InChI=1S/C14H18ClFN4/c1-8(2)20-14(13(17)9(3)19-20)18-7-10-4-5-12(16)11(15)6-10/h4-6,8,18H,7,17H2,1-3H3. The Labute approximate surface area is 122 Å². The lowest BCUT2D eigenvalue weighted by Crippen LogP contribution is -2.11. The highest BCUT2D eigenvalue weighted by molar-refractivity contribution is 6.30. The van der Waals surface area contributed by atoms with Crippen LogP contribution in [0.3, 0.4) is 0 Å². The monoisotopic (exact) mass is 296 g/mol. The number of halogens is 2. The van der Waals surface area contributed by atoms with Crippen LogP contribution in [0.4, 0.5) is 15.9 Å². The van der Waals surface area contributed by atoms with E-state index in [1.165, 1.54) is 6.07 Å². The lowest BCUT2D eigenvalue weighted by atomic mass is 10.2. The van der Waals surface area contributed by atoms with Gasteiger partial charge in [-0.25, -0.2) is 9.07 Å². The van der Waals surface area contributed by atoms with Crippen molar-refractivity contribution in [2.24, 2.45) is 0 Å². The van der Waals surface area contributed by atoms with Crippen LogP contribution in [0, 0.1) is 12.7 Å². The Hall–Kier alpha value is -1.75. The Morgan fingerprint density at radius 1 is 1.45 bits per heavy atom. The molecule has 0 unspecified atom stereocenters. The third-order valence-corrected chi connectivity index (χ3v) is 3.35. The Balaban J connectivity index is 2.20. The minimum Gasteiger partial charge on any atom is -0.394 e.